The van der Waals surface area contributed by atoms with Gasteiger partial charge in [-0.25, -0.2) is 9.97 Å². The van der Waals surface area contributed by atoms with Gasteiger partial charge in [-0.05, 0) is 49.0 Å². The molecule has 0 spiro atoms. The van der Waals surface area contributed by atoms with Gasteiger partial charge < -0.3 is 19.7 Å². The fourth-order valence-electron chi connectivity index (χ4n) is 3.30. The van der Waals surface area contributed by atoms with E-state index in [1.54, 1.807) is 14.2 Å². The zero-order valence-electron chi connectivity index (χ0n) is 18.2. The molecule has 3 rings (SSSR count). The van der Waals surface area contributed by atoms with Crippen LogP contribution in [0.15, 0.2) is 42.5 Å². The maximum Gasteiger partial charge on any atom is 0.161 e. The highest BCUT2D eigenvalue weighted by Crippen LogP contribution is 2.28. The summed E-state index contributed by atoms with van der Waals surface area (Å²) in [5, 5.41) is 4.52. The fourth-order valence-corrected chi connectivity index (χ4v) is 3.30. The number of fused-ring (bicyclic) bond motifs is 1. The molecule has 0 saturated carbocycles. The van der Waals surface area contributed by atoms with Gasteiger partial charge in [0, 0.05) is 18.5 Å². The first-order valence-corrected chi connectivity index (χ1v) is 10.3. The van der Waals surface area contributed by atoms with Crippen LogP contribution in [0.25, 0.3) is 23.1 Å². The van der Waals surface area contributed by atoms with Crippen LogP contribution in [0.5, 0.6) is 11.5 Å². The predicted molar refractivity (Wildman–Crippen MR) is 124 cm³/mol. The Morgan fingerprint density at radius 2 is 1.70 bits per heavy atom. The minimum Gasteiger partial charge on any atom is -0.493 e. The number of rotatable bonds is 10. The summed E-state index contributed by atoms with van der Waals surface area (Å²) in [4.78, 5) is 11.8. The summed E-state index contributed by atoms with van der Waals surface area (Å²) in [7, 11) is 3.26. The van der Waals surface area contributed by atoms with Crippen molar-refractivity contribution in [1.29, 1.82) is 0 Å². The van der Waals surface area contributed by atoms with Gasteiger partial charge in [0.1, 0.15) is 5.82 Å². The zero-order valence-corrected chi connectivity index (χ0v) is 18.2. The molecule has 6 heteroatoms. The molecule has 0 aliphatic carbocycles. The van der Waals surface area contributed by atoms with Gasteiger partial charge in [-0.3, -0.25) is 0 Å². The molecular weight excluding hydrogens is 376 g/mol. The molecule has 1 N–H and O–H groups in total. The number of hydrogen-bond acceptors (Lipinski definition) is 6. The van der Waals surface area contributed by atoms with Crippen LogP contribution in [0.3, 0.4) is 0 Å². The van der Waals surface area contributed by atoms with E-state index in [0.29, 0.717) is 17.3 Å². The Hall–Kier alpha value is -3.12. The highest BCUT2D eigenvalue weighted by Gasteiger charge is 2.07. The largest absolute Gasteiger partial charge is 0.493 e. The van der Waals surface area contributed by atoms with Gasteiger partial charge in [-0.15, -0.1) is 0 Å². The molecule has 30 heavy (non-hydrogen) atoms. The van der Waals surface area contributed by atoms with Gasteiger partial charge in [0.15, 0.2) is 17.3 Å². The summed E-state index contributed by atoms with van der Waals surface area (Å²) < 4.78 is 10.7. The molecule has 0 bridgehead atoms. The summed E-state index contributed by atoms with van der Waals surface area (Å²) in [6.45, 7) is 8.26. The number of nitrogens with zero attached hydrogens (tertiary/aromatic N) is 3. The van der Waals surface area contributed by atoms with Gasteiger partial charge in [-0.1, -0.05) is 38.1 Å². The van der Waals surface area contributed by atoms with Crippen molar-refractivity contribution >= 4 is 28.9 Å². The predicted octanol–water partition coefficient (Wildman–Crippen LogP) is 4.57. The number of aromatic nitrogens is 2. The quantitative estimate of drug-likeness (QED) is 0.532. The smallest absolute Gasteiger partial charge is 0.161 e. The molecule has 3 aromatic rings. The van der Waals surface area contributed by atoms with Crippen LogP contribution in [0.2, 0.25) is 0 Å². The third-order valence-electron chi connectivity index (χ3n) is 5.07. The first-order chi connectivity index (χ1) is 14.7. The molecular formula is C24H30N4O2. The summed E-state index contributed by atoms with van der Waals surface area (Å²) in [6, 6.07) is 13.9. The average Bonchev–Trinajstić information content (AvgIpc) is 2.80. The number of anilines is 1. The lowest BCUT2D eigenvalue weighted by molar-refractivity contribution is 0.316. The Kier molecular flexibility index (Phi) is 7.63. The lowest BCUT2D eigenvalue weighted by Crippen LogP contribution is -2.28. The van der Waals surface area contributed by atoms with Crippen LogP contribution in [-0.4, -0.2) is 55.3 Å². The van der Waals surface area contributed by atoms with Crippen molar-refractivity contribution in [1.82, 2.24) is 14.9 Å². The standard InChI is InChI=1S/C24H30N4O2/c1-5-28(6-2)16-15-25-24-19-9-7-8-10-20(19)26-23(27-24)14-12-18-11-13-21(29-3)22(17-18)30-4/h7-14,17H,5-6,15-16H2,1-4H3,(H,25,26,27)/b14-12+. The van der Waals surface area contributed by atoms with Crippen LogP contribution in [0.1, 0.15) is 25.2 Å². The zero-order chi connectivity index (χ0) is 21.3. The molecule has 0 radical (unpaired) electrons. The van der Waals surface area contributed by atoms with Crippen molar-refractivity contribution < 1.29 is 9.47 Å². The Balaban J connectivity index is 1.84. The number of ether oxygens (including phenoxy) is 2. The normalized spacial score (nSPS) is 11.4. The number of para-hydroxylation sites is 1. The SMILES string of the molecule is CCN(CC)CCNc1nc(/C=C/c2ccc(OC)c(OC)c2)nc2ccccc12. The van der Waals surface area contributed by atoms with E-state index >= 15 is 0 Å². The topological polar surface area (TPSA) is 59.5 Å². The summed E-state index contributed by atoms with van der Waals surface area (Å²) in [5.74, 6) is 2.92. The van der Waals surface area contributed by atoms with Gasteiger partial charge in [0.2, 0.25) is 0 Å². The minimum absolute atomic E-state index is 0.661. The molecule has 6 nitrogen and oxygen atoms in total. The van der Waals surface area contributed by atoms with Crippen molar-refractivity contribution in [3.63, 3.8) is 0 Å². The maximum atomic E-state index is 5.38. The van der Waals surface area contributed by atoms with Gasteiger partial charge in [-0.2, -0.15) is 0 Å². The van der Waals surface area contributed by atoms with E-state index in [-0.39, 0.29) is 0 Å². The molecule has 0 atom stereocenters. The Morgan fingerprint density at radius 1 is 0.933 bits per heavy atom. The molecule has 0 amide bonds. The van der Waals surface area contributed by atoms with Crippen molar-refractivity contribution in [2.45, 2.75) is 13.8 Å². The van der Waals surface area contributed by atoms with Gasteiger partial charge >= 0.3 is 0 Å². The maximum absolute atomic E-state index is 5.38. The highest BCUT2D eigenvalue weighted by molar-refractivity contribution is 5.90. The first-order valence-electron chi connectivity index (χ1n) is 10.3. The van der Waals surface area contributed by atoms with Crippen LogP contribution in [-0.2, 0) is 0 Å². The van der Waals surface area contributed by atoms with Crippen molar-refractivity contribution in [3.05, 3.63) is 53.9 Å². The number of benzene rings is 2. The first kappa shape index (κ1) is 21.6. The minimum atomic E-state index is 0.661. The summed E-state index contributed by atoms with van der Waals surface area (Å²) >= 11 is 0. The average molecular weight is 407 g/mol. The fraction of sp³-hybridized carbons (Fsp3) is 0.333. The number of hydrogen-bond donors (Lipinski definition) is 1. The van der Waals surface area contributed by atoms with E-state index in [0.717, 1.165) is 48.5 Å². The Labute approximate surface area is 178 Å². The van der Waals surface area contributed by atoms with Gasteiger partial charge in [0.05, 0.1) is 19.7 Å². The monoisotopic (exact) mass is 406 g/mol. The Morgan fingerprint density at radius 3 is 2.43 bits per heavy atom. The lowest BCUT2D eigenvalue weighted by Gasteiger charge is -2.18. The van der Waals surface area contributed by atoms with Crippen molar-refractivity contribution in [2.24, 2.45) is 0 Å². The molecule has 1 heterocycles. The van der Waals surface area contributed by atoms with E-state index < -0.39 is 0 Å². The number of likely N-dealkylation sites (N-methyl/N-ethyl adjacent to an activating group) is 1. The molecule has 0 saturated heterocycles. The van der Waals surface area contributed by atoms with Crippen LogP contribution >= 0.6 is 0 Å². The number of nitrogens with one attached hydrogen (secondary N) is 1. The molecule has 0 fully saturated rings. The molecule has 1 aromatic heterocycles. The van der Waals surface area contributed by atoms with Crippen LogP contribution < -0.4 is 14.8 Å². The molecule has 2 aromatic carbocycles. The summed E-state index contributed by atoms with van der Waals surface area (Å²) in [5.41, 5.74) is 1.91. The van der Waals surface area contributed by atoms with Gasteiger partial charge in [0.25, 0.3) is 0 Å². The second-order valence-corrected chi connectivity index (χ2v) is 6.85. The van der Waals surface area contributed by atoms with E-state index in [4.69, 9.17) is 19.4 Å². The van der Waals surface area contributed by atoms with E-state index in [1.165, 1.54) is 0 Å². The second-order valence-electron chi connectivity index (χ2n) is 6.85. The summed E-state index contributed by atoms with van der Waals surface area (Å²) in [6.07, 6.45) is 3.90. The van der Waals surface area contributed by atoms with E-state index in [1.807, 2.05) is 48.6 Å². The third-order valence-corrected chi connectivity index (χ3v) is 5.07. The third kappa shape index (κ3) is 5.27. The van der Waals surface area contributed by atoms with Crippen LogP contribution in [0.4, 0.5) is 5.82 Å². The van der Waals surface area contributed by atoms with E-state index in [9.17, 15) is 0 Å². The highest BCUT2D eigenvalue weighted by atomic mass is 16.5. The van der Waals surface area contributed by atoms with E-state index in [2.05, 4.69) is 30.1 Å². The van der Waals surface area contributed by atoms with Crippen LogP contribution in [0, 0.1) is 0 Å². The van der Waals surface area contributed by atoms with Crippen molar-refractivity contribution in [2.75, 3.05) is 45.7 Å². The van der Waals surface area contributed by atoms with Crippen molar-refractivity contribution in [3.8, 4) is 11.5 Å². The lowest BCUT2D eigenvalue weighted by atomic mass is 10.2. The molecule has 0 unspecified atom stereocenters. The molecule has 158 valence electrons. The molecule has 0 aliphatic heterocycles. The second kappa shape index (κ2) is 10.6. The molecule has 0 aliphatic rings. The number of methoxy groups -OCH3 is 2. The Bertz CT molecular complexity index is 1000.